The largest absolute Gasteiger partial charge is 0.348 e. The van der Waals surface area contributed by atoms with Crippen LogP contribution < -0.4 is 10.2 Å². The van der Waals surface area contributed by atoms with Crippen molar-refractivity contribution in [3.8, 4) is 17.3 Å². The molecule has 4 aromatic heterocycles. The second-order valence-electron chi connectivity index (χ2n) is 8.78. The molecule has 0 amide bonds. The van der Waals surface area contributed by atoms with Crippen LogP contribution >= 0.6 is 23.7 Å². The third-order valence-corrected chi connectivity index (χ3v) is 7.76. The highest BCUT2D eigenvalue weighted by Crippen LogP contribution is 2.36. The molecular weight excluding hydrogens is 442 g/mol. The van der Waals surface area contributed by atoms with Gasteiger partial charge < -0.3 is 14.6 Å². The Balaban J connectivity index is 0.00000216. The lowest BCUT2D eigenvalue weighted by molar-refractivity contribution is 0.354. The molecule has 7 nitrogen and oxygen atoms in total. The molecule has 0 aromatic carbocycles. The van der Waals surface area contributed by atoms with Crippen LogP contribution in [0, 0.1) is 18.3 Å². The summed E-state index contributed by atoms with van der Waals surface area (Å²) in [6, 6.07) is 8.07. The van der Waals surface area contributed by atoms with E-state index in [9.17, 15) is 5.26 Å². The van der Waals surface area contributed by atoms with Crippen LogP contribution in [0.2, 0.25) is 0 Å². The van der Waals surface area contributed by atoms with E-state index in [1.54, 1.807) is 11.3 Å². The quantitative estimate of drug-likeness (QED) is 0.485. The SMILES string of the molecule is Cc1cn2cc(-c3cc4sc(N(C)C5CC6CCC(C5)N6)nc4cn3)cc(C#N)c2n1.Cl. The van der Waals surface area contributed by atoms with Crippen molar-refractivity contribution in [1.82, 2.24) is 24.7 Å². The Morgan fingerprint density at radius 3 is 2.72 bits per heavy atom. The van der Waals surface area contributed by atoms with Gasteiger partial charge in [0.05, 0.1) is 27.8 Å². The molecule has 0 spiro atoms. The summed E-state index contributed by atoms with van der Waals surface area (Å²) in [5, 5.41) is 14.3. The molecule has 2 atom stereocenters. The number of thiazole rings is 1. The molecule has 2 bridgehead atoms. The molecule has 2 aliphatic heterocycles. The van der Waals surface area contributed by atoms with Gasteiger partial charge in [0.25, 0.3) is 0 Å². The number of fused-ring (bicyclic) bond motifs is 4. The second-order valence-corrected chi connectivity index (χ2v) is 9.78. The van der Waals surface area contributed by atoms with Gasteiger partial charge >= 0.3 is 0 Å². The summed E-state index contributed by atoms with van der Waals surface area (Å²) in [4.78, 5) is 16.4. The molecule has 0 radical (unpaired) electrons. The Morgan fingerprint density at radius 2 is 1.97 bits per heavy atom. The van der Waals surface area contributed by atoms with Crippen molar-refractivity contribution in [2.75, 3.05) is 11.9 Å². The molecule has 0 saturated carbocycles. The van der Waals surface area contributed by atoms with Crippen molar-refractivity contribution < 1.29 is 0 Å². The fraction of sp³-hybridized carbons (Fsp3) is 0.391. The van der Waals surface area contributed by atoms with Crippen molar-refractivity contribution >= 4 is 44.7 Å². The number of pyridine rings is 2. The number of halogens is 1. The maximum atomic E-state index is 9.58. The molecule has 2 saturated heterocycles. The van der Waals surface area contributed by atoms with Gasteiger partial charge in [-0.3, -0.25) is 4.98 Å². The first-order chi connectivity index (χ1) is 15.1. The molecule has 164 valence electrons. The van der Waals surface area contributed by atoms with Crippen LogP contribution in [0.5, 0.6) is 0 Å². The van der Waals surface area contributed by atoms with Crippen molar-refractivity contribution in [2.45, 2.75) is 50.7 Å². The molecule has 1 N–H and O–H groups in total. The smallest absolute Gasteiger partial charge is 0.186 e. The molecule has 4 aromatic rings. The maximum absolute atomic E-state index is 9.58. The van der Waals surface area contributed by atoms with Gasteiger partial charge in [0.2, 0.25) is 0 Å². The van der Waals surface area contributed by atoms with Crippen molar-refractivity contribution in [3.05, 3.63) is 42.0 Å². The lowest BCUT2D eigenvalue weighted by atomic mass is 9.99. The lowest BCUT2D eigenvalue weighted by Gasteiger charge is -2.35. The highest BCUT2D eigenvalue weighted by Gasteiger charge is 2.35. The van der Waals surface area contributed by atoms with Crippen LogP contribution in [-0.2, 0) is 0 Å². The van der Waals surface area contributed by atoms with Crippen LogP contribution in [0.15, 0.2) is 30.7 Å². The zero-order valence-corrected chi connectivity index (χ0v) is 19.6. The first kappa shape index (κ1) is 21.1. The first-order valence-corrected chi connectivity index (χ1v) is 11.5. The minimum absolute atomic E-state index is 0. The van der Waals surface area contributed by atoms with E-state index in [1.807, 2.05) is 36.0 Å². The molecule has 2 aliphatic rings. The maximum Gasteiger partial charge on any atom is 0.186 e. The Bertz CT molecular complexity index is 1340. The molecule has 6 heterocycles. The zero-order chi connectivity index (χ0) is 21.1. The van der Waals surface area contributed by atoms with Gasteiger partial charge in [0, 0.05) is 43.1 Å². The van der Waals surface area contributed by atoms with Gasteiger partial charge in [0.15, 0.2) is 10.8 Å². The highest BCUT2D eigenvalue weighted by molar-refractivity contribution is 7.22. The molecule has 32 heavy (non-hydrogen) atoms. The zero-order valence-electron chi connectivity index (χ0n) is 17.9. The fourth-order valence-corrected chi connectivity index (χ4v) is 6.08. The minimum Gasteiger partial charge on any atom is -0.348 e. The number of imidazole rings is 1. The van der Waals surface area contributed by atoms with Crippen molar-refractivity contribution in [3.63, 3.8) is 0 Å². The highest BCUT2D eigenvalue weighted by atomic mass is 35.5. The molecule has 9 heteroatoms. The lowest BCUT2D eigenvalue weighted by Crippen LogP contribution is -2.47. The number of hydrogen-bond acceptors (Lipinski definition) is 7. The summed E-state index contributed by atoms with van der Waals surface area (Å²) >= 11 is 1.72. The monoisotopic (exact) mass is 465 g/mol. The Morgan fingerprint density at radius 1 is 1.19 bits per heavy atom. The number of nitriles is 1. The molecular formula is C23H24ClN7S. The van der Waals surface area contributed by atoms with E-state index in [0.29, 0.717) is 29.3 Å². The van der Waals surface area contributed by atoms with Gasteiger partial charge in [-0.2, -0.15) is 5.26 Å². The number of aryl methyl sites for hydroxylation is 1. The Kier molecular flexibility index (Phi) is 5.28. The number of piperidine rings is 1. The van der Waals surface area contributed by atoms with Crippen LogP contribution in [0.1, 0.15) is 36.9 Å². The predicted octanol–water partition coefficient (Wildman–Crippen LogP) is 4.33. The number of nitrogens with one attached hydrogen (secondary N) is 1. The number of rotatable bonds is 3. The summed E-state index contributed by atoms with van der Waals surface area (Å²) in [5.41, 5.74) is 4.79. The molecule has 2 fully saturated rings. The van der Waals surface area contributed by atoms with Gasteiger partial charge in [-0.1, -0.05) is 11.3 Å². The van der Waals surface area contributed by atoms with E-state index in [0.717, 1.165) is 32.3 Å². The van der Waals surface area contributed by atoms with Gasteiger partial charge in [-0.15, -0.1) is 12.4 Å². The van der Waals surface area contributed by atoms with E-state index in [4.69, 9.17) is 4.98 Å². The van der Waals surface area contributed by atoms with Crippen LogP contribution in [0.25, 0.3) is 27.1 Å². The van der Waals surface area contributed by atoms with E-state index in [-0.39, 0.29) is 12.4 Å². The van der Waals surface area contributed by atoms with E-state index in [1.165, 1.54) is 25.7 Å². The summed E-state index contributed by atoms with van der Waals surface area (Å²) in [5.74, 6) is 0. The molecule has 0 aliphatic carbocycles. The summed E-state index contributed by atoms with van der Waals surface area (Å²) in [6.45, 7) is 1.93. The topological polar surface area (TPSA) is 82.1 Å². The third-order valence-electron chi connectivity index (χ3n) is 6.65. The first-order valence-electron chi connectivity index (χ1n) is 10.7. The second kappa shape index (κ2) is 8.00. The number of nitrogens with zero attached hydrogens (tertiary/aromatic N) is 6. The van der Waals surface area contributed by atoms with Crippen molar-refractivity contribution in [2.24, 2.45) is 0 Å². The molecule has 2 unspecified atom stereocenters. The standard InChI is InChI=1S/C23H23N7S.ClH/c1-13-11-30-12-15(5-14(9-24)22(30)26-13)19-8-21-20(10-25-19)28-23(31-21)29(2)18-6-16-3-4-17(7-18)27-16;/h5,8,10-12,16-18,27H,3-4,6-7H2,1-2H3;1H. The predicted molar refractivity (Wildman–Crippen MR) is 130 cm³/mol. The average Bonchev–Trinajstić information content (AvgIpc) is 3.46. The number of hydrogen-bond donors (Lipinski definition) is 1. The third kappa shape index (κ3) is 3.51. The van der Waals surface area contributed by atoms with Crippen molar-refractivity contribution in [1.29, 1.82) is 5.26 Å². The normalized spacial score (nSPS) is 22.1. The van der Waals surface area contributed by atoms with E-state index < -0.39 is 0 Å². The van der Waals surface area contributed by atoms with Gasteiger partial charge in [-0.25, -0.2) is 9.97 Å². The number of aromatic nitrogens is 4. The number of anilines is 1. The fourth-order valence-electron chi connectivity index (χ4n) is 5.07. The van der Waals surface area contributed by atoms with E-state index >= 15 is 0 Å². The summed E-state index contributed by atoms with van der Waals surface area (Å²) < 4.78 is 3.02. The summed E-state index contributed by atoms with van der Waals surface area (Å²) in [7, 11) is 2.18. The average molecular weight is 466 g/mol. The molecule has 6 rings (SSSR count). The van der Waals surface area contributed by atoms with Gasteiger partial charge in [-0.05, 0) is 44.7 Å². The van der Waals surface area contributed by atoms with Crippen LogP contribution in [0.4, 0.5) is 5.13 Å². The van der Waals surface area contributed by atoms with Crippen LogP contribution in [-0.4, -0.2) is 44.5 Å². The summed E-state index contributed by atoms with van der Waals surface area (Å²) in [6.07, 6.45) is 10.7. The van der Waals surface area contributed by atoms with Crippen LogP contribution in [0.3, 0.4) is 0 Å². The Hall–Kier alpha value is -2.73. The Labute approximate surface area is 196 Å². The van der Waals surface area contributed by atoms with Gasteiger partial charge in [0.1, 0.15) is 11.6 Å². The minimum atomic E-state index is 0. The van der Waals surface area contributed by atoms with E-state index in [2.05, 4.69) is 39.4 Å².